The number of primary amides is 1. The third-order valence-electron chi connectivity index (χ3n) is 2.93. The van der Waals surface area contributed by atoms with Crippen LogP contribution in [-0.4, -0.2) is 20.7 Å². The van der Waals surface area contributed by atoms with Crippen LogP contribution in [-0.2, 0) is 13.1 Å². The normalized spacial score (nSPS) is 16.6. The number of nitrogens with two attached hydrogens (primary N) is 1. The molecule has 3 rings (SSSR count). The molecule has 2 aliphatic heterocycles. The number of hydrogen-bond donors (Lipinski definition) is 1. The fourth-order valence-corrected chi connectivity index (χ4v) is 2.07. The van der Waals surface area contributed by atoms with E-state index in [1.807, 2.05) is 35.1 Å². The highest BCUT2D eigenvalue weighted by Crippen LogP contribution is 2.24. The van der Waals surface area contributed by atoms with Crippen molar-refractivity contribution in [2.24, 2.45) is 5.73 Å². The number of amides is 2. The summed E-state index contributed by atoms with van der Waals surface area (Å²) in [5, 5.41) is 4.49. The van der Waals surface area contributed by atoms with Gasteiger partial charge in [0.05, 0.1) is 24.5 Å². The van der Waals surface area contributed by atoms with Crippen molar-refractivity contribution in [3.05, 3.63) is 41.4 Å². The first-order valence-electron chi connectivity index (χ1n) is 5.43. The third kappa shape index (κ3) is 1.56. The van der Waals surface area contributed by atoms with Crippen LogP contribution in [0.2, 0.25) is 0 Å². The zero-order valence-electron chi connectivity index (χ0n) is 9.21. The summed E-state index contributed by atoms with van der Waals surface area (Å²) in [5.74, 6) is 0. The quantitative estimate of drug-likeness (QED) is 0.728. The van der Waals surface area contributed by atoms with E-state index >= 15 is 0 Å². The highest BCUT2D eigenvalue weighted by Gasteiger charge is 2.21. The summed E-state index contributed by atoms with van der Waals surface area (Å²) in [7, 11) is 0. The minimum Gasteiger partial charge on any atom is -0.351 e. The second-order valence-electron chi connectivity index (χ2n) is 4.00. The summed E-state index contributed by atoms with van der Waals surface area (Å²) >= 11 is 0. The van der Waals surface area contributed by atoms with Gasteiger partial charge in [-0.25, -0.2) is 4.79 Å². The van der Waals surface area contributed by atoms with Crippen molar-refractivity contribution in [2.45, 2.75) is 13.1 Å². The van der Waals surface area contributed by atoms with Crippen LogP contribution in [0.15, 0.2) is 24.4 Å². The molecule has 0 radical (unpaired) electrons. The van der Waals surface area contributed by atoms with E-state index in [4.69, 9.17) is 5.73 Å². The van der Waals surface area contributed by atoms with Gasteiger partial charge in [-0.3, -0.25) is 9.58 Å². The predicted octanol–water partition coefficient (Wildman–Crippen LogP) is 1.33. The molecule has 0 spiro atoms. The van der Waals surface area contributed by atoms with Gasteiger partial charge in [0.2, 0.25) is 0 Å². The molecular formula is C12H12N4O. The smallest absolute Gasteiger partial charge is 0.319 e. The minimum atomic E-state index is -0.442. The predicted molar refractivity (Wildman–Crippen MR) is 64.6 cm³/mol. The van der Waals surface area contributed by atoms with Crippen LogP contribution >= 0.6 is 0 Å². The molecular weight excluding hydrogens is 216 g/mol. The Kier molecular flexibility index (Phi) is 2.11. The van der Waals surface area contributed by atoms with Gasteiger partial charge in [-0.1, -0.05) is 18.2 Å². The van der Waals surface area contributed by atoms with Crippen molar-refractivity contribution in [2.75, 3.05) is 0 Å². The van der Waals surface area contributed by atoms with Crippen molar-refractivity contribution in [3.63, 3.8) is 0 Å². The van der Waals surface area contributed by atoms with Crippen molar-refractivity contribution < 1.29 is 4.79 Å². The van der Waals surface area contributed by atoms with Crippen LogP contribution in [0.1, 0.15) is 17.0 Å². The Bertz CT molecular complexity index is 565. The molecule has 2 aliphatic rings. The SMILES string of the molecule is NC(=O)N1C=Cc2nn3c(c2C1)C=CC=CC3. The Morgan fingerprint density at radius 3 is 3.06 bits per heavy atom. The average Bonchev–Trinajstić information content (AvgIpc) is 2.51. The molecule has 0 fully saturated rings. The van der Waals surface area contributed by atoms with Gasteiger partial charge in [0.1, 0.15) is 0 Å². The molecule has 0 atom stereocenters. The van der Waals surface area contributed by atoms with Crippen LogP contribution in [0.3, 0.4) is 0 Å². The number of aromatic nitrogens is 2. The molecule has 5 heteroatoms. The first-order chi connectivity index (χ1) is 8.25. The van der Waals surface area contributed by atoms with Gasteiger partial charge < -0.3 is 5.73 Å². The van der Waals surface area contributed by atoms with Crippen molar-refractivity contribution in [1.82, 2.24) is 14.7 Å². The Balaban J connectivity index is 2.06. The number of rotatable bonds is 0. The second kappa shape index (κ2) is 3.62. The number of allylic oxidation sites excluding steroid dienone is 3. The molecule has 1 aromatic rings. The monoisotopic (exact) mass is 228 g/mol. The molecule has 0 saturated carbocycles. The lowest BCUT2D eigenvalue weighted by Crippen LogP contribution is -2.32. The van der Waals surface area contributed by atoms with Crippen molar-refractivity contribution >= 4 is 18.2 Å². The van der Waals surface area contributed by atoms with E-state index in [9.17, 15) is 4.79 Å². The number of carbonyl (C=O) groups is 1. The molecule has 86 valence electrons. The van der Waals surface area contributed by atoms with E-state index in [1.165, 1.54) is 4.90 Å². The Labute approximate surface area is 98.5 Å². The number of carbonyl (C=O) groups excluding carboxylic acids is 1. The summed E-state index contributed by atoms with van der Waals surface area (Å²) in [6.45, 7) is 1.24. The van der Waals surface area contributed by atoms with Gasteiger partial charge in [-0.05, 0) is 12.2 Å². The maximum Gasteiger partial charge on any atom is 0.319 e. The lowest BCUT2D eigenvalue weighted by atomic mass is 10.1. The number of nitrogens with zero attached hydrogens (tertiary/aromatic N) is 3. The molecule has 0 bridgehead atoms. The van der Waals surface area contributed by atoms with Crippen LogP contribution in [0, 0.1) is 0 Å². The topological polar surface area (TPSA) is 64.2 Å². The zero-order valence-corrected chi connectivity index (χ0v) is 9.21. The fourth-order valence-electron chi connectivity index (χ4n) is 2.07. The van der Waals surface area contributed by atoms with Crippen LogP contribution in [0.25, 0.3) is 12.2 Å². The molecule has 2 N–H and O–H groups in total. The summed E-state index contributed by atoms with van der Waals surface area (Å²) < 4.78 is 1.93. The molecule has 0 aliphatic carbocycles. The molecule has 0 aromatic carbocycles. The van der Waals surface area contributed by atoms with E-state index in [0.717, 1.165) is 23.5 Å². The summed E-state index contributed by atoms with van der Waals surface area (Å²) in [6.07, 6.45) is 11.5. The molecule has 0 saturated heterocycles. The van der Waals surface area contributed by atoms with Gasteiger partial charge in [0.15, 0.2) is 0 Å². The van der Waals surface area contributed by atoms with Crippen molar-refractivity contribution in [1.29, 1.82) is 0 Å². The largest absolute Gasteiger partial charge is 0.351 e. The Morgan fingerprint density at radius 1 is 1.35 bits per heavy atom. The number of urea groups is 1. The van der Waals surface area contributed by atoms with Gasteiger partial charge in [0, 0.05) is 11.8 Å². The van der Waals surface area contributed by atoms with E-state index in [-0.39, 0.29) is 0 Å². The van der Waals surface area contributed by atoms with Gasteiger partial charge in [-0.2, -0.15) is 5.10 Å². The van der Waals surface area contributed by atoms with Gasteiger partial charge in [0.25, 0.3) is 0 Å². The summed E-state index contributed by atoms with van der Waals surface area (Å²) in [5.41, 5.74) is 8.28. The molecule has 0 unspecified atom stereocenters. The first-order valence-corrected chi connectivity index (χ1v) is 5.43. The Morgan fingerprint density at radius 2 is 2.24 bits per heavy atom. The van der Waals surface area contributed by atoms with Crippen LogP contribution < -0.4 is 5.73 Å². The molecule has 1 aromatic heterocycles. The van der Waals surface area contributed by atoms with Crippen LogP contribution in [0.5, 0.6) is 0 Å². The highest BCUT2D eigenvalue weighted by molar-refractivity contribution is 5.76. The summed E-state index contributed by atoms with van der Waals surface area (Å²) in [6, 6.07) is -0.442. The molecule has 3 heterocycles. The van der Waals surface area contributed by atoms with Crippen LogP contribution in [0.4, 0.5) is 4.79 Å². The maximum atomic E-state index is 11.2. The first kappa shape index (κ1) is 9.89. The Hall–Kier alpha value is -2.30. The average molecular weight is 228 g/mol. The second-order valence-corrected chi connectivity index (χ2v) is 4.00. The van der Waals surface area contributed by atoms with E-state index in [0.29, 0.717) is 6.54 Å². The van der Waals surface area contributed by atoms with Crippen molar-refractivity contribution in [3.8, 4) is 0 Å². The third-order valence-corrected chi connectivity index (χ3v) is 2.93. The lowest BCUT2D eigenvalue weighted by Gasteiger charge is -2.19. The fraction of sp³-hybridized carbons (Fsp3) is 0.167. The van der Waals surface area contributed by atoms with Gasteiger partial charge >= 0.3 is 6.03 Å². The van der Waals surface area contributed by atoms with E-state index < -0.39 is 6.03 Å². The van der Waals surface area contributed by atoms with Gasteiger partial charge in [-0.15, -0.1) is 0 Å². The number of hydrogen-bond acceptors (Lipinski definition) is 2. The zero-order chi connectivity index (χ0) is 11.8. The molecule has 17 heavy (non-hydrogen) atoms. The standard InChI is InChI=1S/C12H12N4O/c13-12(17)15-7-5-10-9(8-15)11-4-2-1-3-6-16(11)14-10/h1-5,7H,6,8H2,(H2,13,17). The van der Waals surface area contributed by atoms with E-state index in [1.54, 1.807) is 6.20 Å². The molecule has 2 amide bonds. The minimum absolute atomic E-state index is 0.442. The highest BCUT2D eigenvalue weighted by atomic mass is 16.2. The number of fused-ring (bicyclic) bond motifs is 3. The summed E-state index contributed by atoms with van der Waals surface area (Å²) in [4.78, 5) is 12.6. The molecule has 5 nitrogen and oxygen atoms in total. The van der Waals surface area contributed by atoms with E-state index in [2.05, 4.69) is 5.10 Å². The lowest BCUT2D eigenvalue weighted by molar-refractivity contribution is 0.223. The maximum absolute atomic E-state index is 11.2.